The zero-order valence-corrected chi connectivity index (χ0v) is 14.5. The highest BCUT2D eigenvalue weighted by Crippen LogP contribution is 2.29. The molecule has 3 rings (SSSR count). The minimum absolute atomic E-state index is 0.0237. The summed E-state index contributed by atoms with van der Waals surface area (Å²) in [6.07, 6.45) is 0.0645. The number of amides is 1. The Hall–Kier alpha value is -3.47. The number of ether oxygens (including phenoxy) is 1. The van der Waals surface area contributed by atoms with Crippen LogP contribution < -0.4 is 10.1 Å². The summed E-state index contributed by atoms with van der Waals surface area (Å²) in [5.74, 6) is 0.264. The lowest BCUT2D eigenvalue weighted by Crippen LogP contribution is -2.14. The Morgan fingerprint density at radius 2 is 1.48 bits per heavy atom. The highest BCUT2D eigenvalue weighted by Gasteiger charge is 2.12. The van der Waals surface area contributed by atoms with Gasteiger partial charge in [-0.15, -0.1) is 0 Å². The summed E-state index contributed by atoms with van der Waals surface area (Å²) in [5, 5.41) is 2.77. The molecule has 0 aromatic heterocycles. The Morgan fingerprint density at radius 1 is 0.815 bits per heavy atom. The fourth-order valence-electron chi connectivity index (χ4n) is 2.49. The van der Waals surface area contributed by atoms with Crippen LogP contribution in [0.5, 0.6) is 11.5 Å². The number of nitrogens with one attached hydrogen (secondary N) is 1. The predicted octanol–water partition coefficient (Wildman–Crippen LogP) is 5.22. The Kier molecular flexibility index (Phi) is 5.94. The molecule has 0 aliphatic heterocycles. The SMILES string of the molecule is O=C(CCC(=O)c1ccc(F)cc1)Nc1ccccc1Oc1ccccc1. The summed E-state index contributed by atoms with van der Waals surface area (Å²) in [5.41, 5.74) is 0.914. The number of ketones is 1. The molecule has 3 aromatic rings. The molecule has 1 amide bonds. The number of carbonyl (C=O) groups excluding carboxylic acids is 2. The highest BCUT2D eigenvalue weighted by molar-refractivity contribution is 6.00. The van der Waals surface area contributed by atoms with Gasteiger partial charge >= 0.3 is 0 Å². The van der Waals surface area contributed by atoms with Crippen LogP contribution in [0.1, 0.15) is 23.2 Å². The zero-order chi connectivity index (χ0) is 19.1. The first-order valence-electron chi connectivity index (χ1n) is 8.52. The molecule has 0 atom stereocenters. The second-order valence-corrected chi connectivity index (χ2v) is 5.89. The third-order valence-corrected chi connectivity index (χ3v) is 3.88. The lowest BCUT2D eigenvalue weighted by molar-refractivity contribution is -0.116. The van der Waals surface area contributed by atoms with E-state index >= 15 is 0 Å². The van der Waals surface area contributed by atoms with Gasteiger partial charge in [0.2, 0.25) is 5.91 Å². The van der Waals surface area contributed by atoms with Gasteiger partial charge in [-0.25, -0.2) is 4.39 Å². The summed E-state index contributed by atoms with van der Waals surface area (Å²) in [6.45, 7) is 0. The van der Waals surface area contributed by atoms with E-state index in [1.807, 2.05) is 36.4 Å². The molecule has 1 N–H and O–H groups in total. The summed E-state index contributed by atoms with van der Waals surface area (Å²) in [7, 11) is 0. The van der Waals surface area contributed by atoms with Crippen molar-refractivity contribution >= 4 is 17.4 Å². The molecule has 0 bridgehead atoms. The second-order valence-electron chi connectivity index (χ2n) is 5.89. The number of carbonyl (C=O) groups is 2. The first-order valence-corrected chi connectivity index (χ1v) is 8.52. The average molecular weight is 363 g/mol. The molecule has 0 radical (unpaired) electrons. The van der Waals surface area contributed by atoms with Gasteiger partial charge in [-0.2, -0.15) is 0 Å². The number of rotatable bonds is 7. The van der Waals surface area contributed by atoms with E-state index < -0.39 is 5.82 Å². The number of benzene rings is 3. The number of halogens is 1. The molecule has 0 saturated carbocycles. The molecule has 0 saturated heterocycles. The average Bonchev–Trinajstić information content (AvgIpc) is 2.69. The van der Waals surface area contributed by atoms with Crippen molar-refractivity contribution in [2.75, 3.05) is 5.32 Å². The smallest absolute Gasteiger partial charge is 0.224 e. The van der Waals surface area contributed by atoms with E-state index in [4.69, 9.17) is 4.74 Å². The van der Waals surface area contributed by atoms with Gasteiger partial charge in [0.05, 0.1) is 5.69 Å². The van der Waals surface area contributed by atoms with Crippen LogP contribution >= 0.6 is 0 Å². The van der Waals surface area contributed by atoms with Gasteiger partial charge < -0.3 is 10.1 Å². The topological polar surface area (TPSA) is 55.4 Å². The van der Waals surface area contributed by atoms with E-state index in [1.54, 1.807) is 18.2 Å². The monoisotopic (exact) mass is 363 g/mol. The maximum Gasteiger partial charge on any atom is 0.224 e. The van der Waals surface area contributed by atoms with Crippen molar-refractivity contribution in [3.8, 4) is 11.5 Å². The largest absolute Gasteiger partial charge is 0.455 e. The van der Waals surface area contributed by atoms with Crippen molar-refractivity contribution in [2.45, 2.75) is 12.8 Å². The first kappa shape index (κ1) is 18.3. The second kappa shape index (κ2) is 8.76. The van der Waals surface area contributed by atoms with Crippen LogP contribution in [0.15, 0.2) is 78.9 Å². The molecular formula is C22H18FNO3. The van der Waals surface area contributed by atoms with Gasteiger partial charge in [0.1, 0.15) is 11.6 Å². The fraction of sp³-hybridized carbons (Fsp3) is 0.0909. The van der Waals surface area contributed by atoms with Crippen molar-refractivity contribution in [2.24, 2.45) is 0 Å². The van der Waals surface area contributed by atoms with Crippen LogP contribution in [0.2, 0.25) is 0 Å². The molecule has 136 valence electrons. The highest BCUT2D eigenvalue weighted by atomic mass is 19.1. The Labute approximate surface area is 156 Å². The van der Waals surface area contributed by atoms with E-state index in [0.29, 0.717) is 22.7 Å². The molecular weight excluding hydrogens is 345 g/mol. The van der Waals surface area contributed by atoms with E-state index in [0.717, 1.165) is 0 Å². The van der Waals surface area contributed by atoms with Crippen LogP contribution in [0.25, 0.3) is 0 Å². The number of anilines is 1. The van der Waals surface area contributed by atoms with E-state index in [2.05, 4.69) is 5.32 Å². The van der Waals surface area contributed by atoms with Crippen molar-refractivity contribution in [3.63, 3.8) is 0 Å². The third-order valence-electron chi connectivity index (χ3n) is 3.88. The molecule has 0 aliphatic rings. The van der Waals surface area contributed by atoms with Crippen LogP contribution in [-0.2, 0) is 4.79 Å². The van der Waals surface area contributed by atoms with Gasteiger partial charge in [0.15, 0.2) is 11.5 Å². The molecule has 0 spiro atoms. The molecule has 27 heavy (non-hydrogen) atoms. The number of hydrogen-bond donors (Lipinski definition) is 1. The first-order chi connectivity index (χ1) is 13.1. The summed E-state index contributed by atoms with van der Waals surface area (Å²) in [6, 6.07) is 21.6. The molecule has 3 aromatic carbocycles. The normalized spacial score (nSPS) is 10.3. The van der Waals surface area contributed by atoms with Crippen LogP contribution in [0.3, 0.4) is 0 Å². The van der Waals surface area contributed by atoms with E-state index in [1.165, 1.54) is 24.3 Å². The van der Waals surface area contributed by atoms with Crippen molar-refractivity contribution in [3.05, 3.63) is 90.2 Å². The van der Waals surface area contributed by atoms with Crippen molar-refractivity contribution in [1.29, 1.82) is 0 Å². The van der Waals surface area contributed by atoms with Gasteiger partial charge in [-0.05, 0) is 48.5 Å². The third kappa shape index (κ3) is 5.25. The van der Waals surface area contributed by atoms with Crippen molar-refractivity contribution < 1.29 is 18.7 Å². The van der Waals surface area contributed by atoms with E-state index in [9.17, 15) is 14.0 Å². The number of Topliss-reactive ketones (excluding diaryl/α,β-unsaturated/α-hetero) is 1. The molecule has 0 fully saturated rings. The summed E-state index contributed by atoms with van der Waals surface area (Å²) in [4.78, 5) is 24.3. The minimum atomic E-state index is -0.403. The van der Waals surface area contributed by atoms with Crippen LogP contribution in [0.4, 0.5) is 10.1 Å². The molecule has 0 unspecified atom stereocenters. The molecule has 0 aliphatic carbocycles. The Bertz CT molecular complexity index is 924. The summed E-state index contributed by atoms with van der Waals surface area (Å²) >= 11 is 0. The maximum atomic E-state index is 12.9. The van der Waals surface area contributed by atoms with Crippen molar-refractivity contribution in [1.82, 2.24) is 0 Å². The quantitative estimate of drug-likeness (QED) is 0.586. The van der Waals surface area contributed by atoms with Crippen LogP contribution in [0, 0.1) is 5.82 Å². The molecule has 5 heteroatoms. The maximum absolute atomic E-state index is 12.9. The minimum Gasteiger partial charge on any atom is -0.455 e. The molecule has 0 heterocycles. The van der Waals surface area contributed by atoms with Crippen LogP contribution in [-0.4, -0.2) is 11.7 Å². The van der Waals surface area contributed by atoms with E-state index in [-0.39, 0.29) is 24.5 Å². The Morgan fingerprint density at radius 3 is 2.22 bits per heavy atom. The van der Waals surface area contributed by atoms with Gasteiger partial charge in [-0.1, -0.05) is 30.3 Å². The summed E-state index contributed by atoms with van der Waals surface area (Å²) < 4.78 is 18.7. The van der Waals surface area contributed by atoms with Gasteiger partial charge in [0, 0.05) is 18.4 Å². The van der Waals surface area contributed by atoms with Gasteiger partial charge in [-0.3, -0.25) is 9.59 Å². The van der Waals surface area contributed by atoms with Gasteiger partial charge in [0.25, 0.3) is 0 Å². The molecule has 4 nitrogen and oxygen atoms in total. The zero-order valence-electron chi connectivity index (χ0n) is 14.5. The number of hydrogen-bond acceptors (Lipinski definition) is 3. The fourth-order valence-corrected chi connectivity index (χ4v) is 2.49. The lowest BCUT2D eigenvalue weighted by Gasteiger charge is -2.12. The standard InChI is InChI=1S/C22H18FNO3/c23-17-12-10-16(11-13-17)20(25)14-15-22(26)24-19-8-4-5-9-21(19)27-18-6-2-1-3-7-18/h1-13H,14-15H2,(H,24,26). The number of para-hydroxylation sites is 3. The lowest BCUT2D eigenvalue weighted by atomic mass is 10.1. The Balaban J connectivity index is 1.59. The predicted molar refractivity (Wildman–Crippen MR) is 102 cm³/mol.